The van der Waals surface area contributed by atoms with Crippen LogP contribution in [0, 0.1) is 0 Å². The maximum atomic E-state index is 12.2. The highest BCUT2D eigenvalue weighted by Crippen LogP contribution is 2.08. The lowest BCUT2D eigenvalue weighted by molar-refractivity contribution is -0.121. The van der Waals surface area contributed by atoms with Crippen LogP contribution in [-0.2, 0) is 4.79 Å². The van der Waals surface area contributed by atoms with E-state index in [1.807, 2.05) is 6.92 Å². The predicted molar refractivity (Wildman–Crippen MR) is 69.5 cm³/mol. The van der Waals surface area contributed by atoms with E-state index in [1.165, 1.54) is 11.1 Å². The first-order chi connectivity index (χ1) is 8.58. The molecule has 5 nitrogen and oxygen atoms in total. The number of aromatic nitrogens is 1. The molecular weight excluding hydrogens is 254 g/mol. The minimum Gasteiger partial charge on any atom is -0.358 e. The number of hydrogen-bond acceptors (Lipinski definition) is 3. The Morgan fingerprint density at radius 3 is 2.67 bits per heavy atom. The average Bonchev–Trinajstić information content (AvgIpc) is 2.38. The van der Waals surface area contributed by atoms with Crippen LogP contribution in [0.4, 0.5) is 0 Å². The van der Waals surface area contributed by atoms with Gasteiger partial charge in [0.2, 0.25) is 5.91 Å². The van der Waals surface area contributed by atoms with Crippen LogP contribution in [0.3, 0.4) is 0 Å². The van der Waals surface area contributed by atoms with Gasteiger partial charge in [-0.1, -0.05) is 18.5 Å². The molecule has 0 spiro atoms. The topological polar surface area (TPSA) is 62.3 Å². The van der Waals surface area contributed by atoms with E-state index in [9.17, 15) is 9.59 Å². The zero-order chi connectivity index (χ0) is 13.5. The second kappa shape index (κ2) is 6.96. The SMILES string of the molecule is CCCN(CC(=O)NC)C(=O)c1ccc(Cl)nc1. The van der Waals surface area contributed by atoms with E-state index in [0.717, 1.165) is 6.42 Å². The summed E-state index contributed by atoms with van der Waals surface area (Å²) in [6.07, 6.45) is 2.20. The van der Waals surface area contributed by atoms with Gasteiger partial charge >= 0.3 is 0 Å². The molecule has 0 atom stereocenters. The first kappa shape index (κ1) is 14.4. The molecule has 1 N–H and O–H groups in total. The van der Waals surface area contributed by atoms with Crippen LogP contribution in [0.1, 0.15) is 23.7 Å². The molecule has 0 aliphatic rings. The summed E-state index contributed by atoms with van der Waals surface area (Å²) in [5, 5.41) is 2.83. The van der Waals surface area contributed by atoms with Gasteiger partial charge in [-0.15, -0.1) is 0 Å². The van der Waals surface area contributed by atoms with Crippen LogP contribution in [0.5, 0.6) is 0 Å². The summed E-state index contributed by atoms with van der Waals surface area (Å²) in [5.41, 5.74) is 0.428. The molecule has 98 valence electrons. The van der Waals surface area contributed by atoms with Gasteiger partial charge < -0.3 is 10.2 Å². The van der Waals surface area contributed by atoms with E-state index in [1.54, 1.807) is 19.2 Å². The third-order valence-corrected chi connectivity index (χ3v) is 2.59. The molecule has 0 saturated carbocycles. The van der Waals surface area contributed by atoms with Gasteiger partial charge in [-0.2, -0.15) is 0 Å². The van der Waals surface area contributed by atoms with Crippen molar-refractivity contribution < 1.29 is 9.59 Å². The van der Waals surface area contributed by atoms with E-state index < -0.39 is 0 Å². The summed E-state index contributed by atoms with van der Waals surface area (Å²) in [6, 6.07) is 3.16. The highest BCUT2D eigenvalue weighted by molar-refractivity contribution is 6.29. The van der Waals surface area contributed by atoms with E-state index in [4.69, 9.17) is 11.6 Å². The summed E-state index contributed by atoms with van der Waals surface area (Å²) < 4.78 is 0. The molecule has 18 heavy (non-hydrogen) atoms. The molecular formula is C12H16ClN3O2. The van der Waals surface area contributed by atoms with Gasteiger partial charge in [-0.3, -0.25) is 9.59 Å². The Morgan fingerprint density at radius 2 is 2.17 bits per heavy atom. The molecule has 1 rings (SSSR count). The fraction of sp³-hybridized carbons (Fsp3) is 0.417. The number of nitrogens with one attached hydrogen (secondary N) is 1. The maximum absolute atomic E-state index is 12.2. The van der Waals surface area contributed by atoms with Crippen LogP contribution in [0.25, 0.3) is 0 Å². The van der Waals surface area contributed by atoms with Crippen LogP contribution >= 0.6 is 11.6 Å². The minimum absolute atomic E-state index is 0.0474. The van der Waals surface area contributed by atoms with Crippen molar-refractivity contribution in [1.82, 2.24) is 15.2 Å². The third kappa shape index (κ3) is 4.00. The second-order valence-electron chi connectivity index (χ2n) is 3.77. The molecule has 0 radical (unpaired) electrons. The van der Waals surface area contributed by atoms with E-state index >= 15 is 0 Å². The molecule has 1 aromatic heterocycles. The fourth-order valence-electron chi connectivity index (χ4n) is 1.46. The lowest BCUT2D eigenvalue weighted by Crippen LogP contribution is -2.40. The molecule has 2 amide bonds. The summed E-state index contributed by atoms with van der Waals surface area (Å²) >= 11 is 5.66. The molecule has 0 saturated heterocycles. The van der Waals surface area contributed by atoms with Gasteiger partial charge in [-0.25, -0.2) is 4.98 Å². The molecule has 0 aliphatic heterocycles. The molecule has 0 unspecified atom stereocenters. The van der Waals surface area contributed by atoms with E-state index in [-0.39, 0.29) is 18.4 Å². The maximum Gasteiger partial charge on any atom is 0.255 e. The first-order valence-corrected chi connectivity index (χ1v) is 6.07. The first-order valence-electron chi connectivity index (χ1n) is 5.70. The largest absolute Gasteiger partial charge is 0.358 e. The zero-order valence-electron chi connectivity index (χ0n) is 10.4. The van der Waals surface area contributed by atoms with Crippen molar-refractivity contribution in [2.45, 2.75) is 13.3 Å². The Morgan fingerprint density at radius 1 is 1.44 bits per heavy atom. The van der Waals surface area contributed by atoms with Crippen molar-refractivity contribution in [3.63, 3.8) is 0 Å². The summed E-state index contributed by atoms with van der Waals surface area (Å²) in [5.74, 6) is -0.414. The van der Waals surface area contributed by atoms with Crippen LogP contribution in [0.2, 0.25) is 5.15 Å². The Hall–Kier alpha value is -1.62. The van der Waals surface area contributed by atoms with Crippen LogP contribution in [-0.4, -0.2) is 41.8 Å². The number of carbonyl (C=O) groups excluding carboxylic acids is 2. The number of carbonyl (C=O) groups is 2. The number of halogens is 1. The molecule has 0 bridgehead atoms. The second-order valence-corrected chi connectivity index (χ2v) is 4.16. The average molecular weight is 270 g/mol. The van der Waals surface area contributed by atoms with Gasteiger partial charge in [0.05, 0.1) is 12.1 Å². The lowest BCUT2D eigenvalue weighted by atomic mass is 10.2. The van der Waals surface area contributed by atoms with Gasteiger partial charge in [0.1, 0.15) is 5.15 Å². The van der Waals surface area contributed by atoms with Crippen molar-refractivity contribution >= 4 is 23.4 Å². The summed E-state index contributed by atoms with van der Waals surface area (Å²) in [7, 11) is 1.54. The molecule has 0 aliphatic carbocycles. The smallest absolute Gasteiger partial charge is 0.255 e. The van der Waals surface area contributed by atoms with E-state index in [2.05, 4.69) is 10.3 Å². The number of amides is 2. The number of rotatable bonds is 5. The minimum atomic E-state index is -0.218. The number of hydrogen-bond donors (Lipinski definition) is 1. The van der Waals surface area contributed by atoms with Crippen molar-refractivity contribution in [2.75, 3.05) is 20.1 Å². The van der Waals surface area contributed by atoms with Crippen molar-refractivity contribution in [3.05, 3.63) is 29.0 Å². The Bertz CT molecular complexity index is 420. The van der Waals surface area contributed by atoms with Gasteiger partial charge in [0.25, 0.3) is 5.91 Å². The fourth-order valence-corrected chi connectivity index (χ4v) is 1.57. The monoisotopic (exact) mass is 269 g/mol. The van der Waals surface area contributed by atoms with Crippen LogP contribution in [0.15, 0.2) is 18.3 Å². The van der Waals surface area contributed by atoms with Crippen LogP contribution < -0.4 is 5.32 Å². The Kier molecular flexibility index (Phi) is 5.58. The van der Waals surface area contributed by atoms with Crippen molar-refractivity contribution in [3.8, 4) is 0 Å². The Labute approximate surface area is 111 Å². The quantitative estimate of drug-likeness (QED) is 0.821. The van der Waals surface area contributed by atoms with Gasteiger partial charge in [0.15, 0.2) is 0 Å². The lowest BCUT2D eigenvalue weighted by Gasteiger charge is -2.21. The predicted octanol–water partition coefficient (Wildman–Crippen LogP) is 1.33. The third-order valence-electron chi connectivity index (χ3n) is 2.37. The Balaban J connectivity index is 2.81. The molecule has 1 aromatic rings. The summed E-state index contributed by atoms with van der Waals surface area (Å²) in [6.45, 7) is 2.52. The molecule has 6 heteroatoms. The van der Waals surface area contributed by atoms with Crippen molar-refractivity contribution in [2.24, 2.45) is 0 Å². The molecule has 1 heterocycles. The van der Waals surface area contributed by atoms with Crippen molar-refractivity contribution in [1.29, 1.82) is 0 Å². The highest BCUT2D eigenvalue weighted by atomic mass is 35.5. The van der Waals surface area contributed by atoms with E-state index in [0.29, 0.717) is 17.3 Å². The number of likely N-dealkylation sites (N-methyl/N-ethyl adjacent to an activating group) is 1. The normalized spacial score (nSPS) is 9.94. The summed E-state index contributed by atoms with van der Waals surface area (Å²) in [4.78, 5) is 28.9. The standard InChI is InChI=1S/C12H16ClN3O2/c1-3-6-16(8-11(17)14-2)12(18)9-4-5-10(13)15-7-9/h4-5,7H,3,6,8H2,1-2H3,(H,14,17). The number of nitrogens with zero attached hydrogens (tertiary/aromatic N) is 2. The molecule has 0 fully saturated rings. The zero-order valence-corrected chi connectivity index (χ0v) is 11.2. The van der Waals surface area contributed by atoms with Gasteiger partial charge in [-0.05, 0) is 18.6 Å². The number of pyridine rings is 1. The van der Waals surface area contributed by atoms with Gasteiger partial charge in [0, 0.05) is 19.8 Å². The molecule has 0 aromatic carbocycles. The highest BCUT2D eigenvalue weighted by Gasteiger charge is 2.17.